The van der Waals surface area contributed by atoms with Gasteiger partial charge in [0, 0.05) is 11.7 Å². The molecular weight excluding hydrogens is 222 g/mol. The van der Waals surface area contributed by atoms with E-state index in [1.807, 2.05) is 12.1 Å². The first-order valence-corrected chi connectivity index (χ1v) is 6.78. The molecule has 0 heterocycles. The lowest BCUT2D eigenvalue weighted by Gasteiger charge is -2.28. The SMILES string of the molecule is CCN(CCCN(C)C)C(C)c1ccc(N)cc1. The van der Waals surface area contributed by atoms with Gasteiger partial charge >= 0.3 is 0 Å². The van der Waals surface area contributed by atoms with Crippen LogP contribution in [0.3, 0.4) is 0 Å². The summed E-state index contributed by atoms with van der Waals surface area (Å²) < 4.78 is 0. The van der Waals surface area contributed by atoms with E-state index in [-0.39, 0.29) is 0 Å². The van der Waals surface area contributed by atoms with E-state index >= 15 is 0 Å². The van der Waals surface area contributed by atoms with Gasteiger partial charge in [0.2, 0.25) is 0 Å². The van der Waals surface area contributed by atoms with E-state index in [2.05, 4.69) is 49.9 Å². The van der Waals surface area contributed by atoms with Crippen molar-refractivity contribution in [2.75, 3.05) is 39.5 Å². The third-order valence-corrected chi connectivity index (χ3v) is 3.42. The van der Waals surface area contributed by atoms with Crippen LogP contribution in [0.4, 0.5) is 5.69 Å². The smallest absolute Gasteiger partial charge is 0.0319 e. The van der Waals surface area contributed by atoms with Crippen molar-refractivity contribution in [2.24, 2.45) is 0 Å². The predicted molar refractivity (Wildman–Crippen MR) is 79.7 cm³/mol. The zero-order valence-corrected chi connectivity index (χ0v) is 12.2. The molecule has 0 aliphatic rings. The number of hydrogen-bond acceptors (Lipinski definition) is 3. The Morgan fingerprint density at radius 3 is 2.22 bits per heavy atom. The minimum atomic E-state index is 0.456. The summed E-state index contributed by atoms with van der Waals surface area (Å²) in [6.45, 7) is 7.86. The minimum Gasteiger partial charge on any atom is -0.399 e. The maximum absolute atomic E-state index is 5.73. The van der Waals surface area contributed by atoms with Crippen LogP contribution in [0.15, 0.2) is 24.3 Å². The minimum absolute atomic E-state index is 0.456. The molecule has 0 amide bonds. The summed E-state index contributed by atoms with van der Waals surface area (Å²) in [5.74, 6) is 0. The topological polar surface area (TPSA) is 32.5 Å². The number of nitrogens with two attached hydrogens (primary N) is 1. The highest BCUT2D eigenvalue weighted by molar-refractivity contribution is 5.40. The Morgan fingerprint density at radius 1 is 1.11 bits per heavy atom. The third kappa shape index (κ3) is 4.67. The van der Waals surface area contributed by atoms with Gasteiger partial charge in [0.05, 0.1) is 0 Å². The summed E-state index contributed by atoms with van der Waals surface area (Å²) >= 11 is 0. The van der Waals surface area contributed by atoms with Crippen LogP contribution in [0.25, 0.3) is 0 Å². The lowest BCUT2D eigenvalue weighted by Crippen LogP contribution is -2.29. The van der Waals surface area contributed by atoms with Gasteiger partial charge in [0.1, 0.15) is 0 Å². The molecule has 1 unspecified atom stereocenters. The summed E-state index contributed by atoms with van der Waals surface area (Å²) in [7, 11) is 4.25. The molecule has 0 aliphatic heterocycles. The van der Waals surface area contributed by atoms with Crippen LogP contribution in [0.2, 0.25) is 0 Å². The number of rotatable bonds is 7. The summed E-state index contributed by atoms with van der Waals surface area (Å²) in [5.41, 5.74) is 7.91. The van der Waals surface area contributed by atoms with Crippen LogP contribution in [0, 0.1) is 0 Å². The number of hydrogen-bond donors (Lipinski definition) is 1. The average Bonchev–Trinajstić information content (AvgIpc) is 2.34. The first-order chi connectivity index (χ1) is 8.54. The van der Waals surface area contributed by atoms with Crippen molar-refractivity contribution < 1.29 is 0 Å². The van der Waals surface area contributed by atoms with Crippen molar-refractivity contribution in [1.82, 2.24) is 9.80 Å². The molecule has 1 atom stereocenters. The summed E-state index contributed by atoms with van der Waals surface area (Å²) in [6, 6.07) is 8.69. The van der Waals surface area contributed by atoms with Crippen LogP contribution in [0.5, 0.6) is 0 Å². The van der Waals surface area contributed by atoms with Gasteiger partial charge < -0.3 is 10.6 Å². The molecule has 0 aliphatic carbocycles. The molecule has 1 aromatic carbocycles. The Balaban J connectivity index is 2.55. The van der Waals surface area contributed by atoms with E-state index in [9.17, 15) is 0 Å². The monoisotopic (exact) mass is 249 g/mol. The van der Waals surface area contributed by atoms with Crippen molar-refractivity contribution in [3.8, 4) is 0 Å². The Hall–Kier alpha value is -1.06. The van der Waals surface area contributed by atoms with Gasteiger partial charge in [-0.25, -0.2) is 0 Å². The van der Waals surface area contributed by atoms with Gasteiger partial charge in [-0.3, -0.25) is 4.90 Å². The van der Waals surface area contributed by atoms with Crippen molar-refractivity contribution in [3.63, 3.8) is 0 Å². The second kappa shape index (κ2) is 7.39. The molecule has 3 heteroatoms. The first kappa shape index (κ1) is 15.0. The van der Waals surface area contributed by atoms with Crippen LogP contribution in [0.1, 0.15) is 31.9 Å². The molecule has 2 N–H and O–H groups in total. The second-order valence-corrected chi connectivity index (χ2v) is 5.13. The maximum atomic E-state index is 5.73. The van der Waals surface area contributed by atoms with E-state index in [0.717, 1.165) is 25.3 Å². The van der Waals surface area contributed by atoms with Crippen LogP contribution < -0.4 is 5.73 Å². The van der Waals surface area contributed by atoms with E-state index in [0.29, 0.717) is 6.04 Å². The van der Waals surface area contributed by atoms with Crippen molar-refractivity contribution in [2.45, 2.75) is 26.3 Å². The fourth-order valence-corrected chi connectivity index (χ4v) is 2.20. The molecule has 0 radical (unpaired) electrons. The van der Waals surface area contributed by atoms with E-state index < -0.39 is 0 Å². The summed E-state index contributed by atoms with van der Waals surface area (Å²) in [6.07, 6.45) is 1.21. The molecule has 18 heavy (non-hydrogen) atoms. The largest absolute Gasteiger partial charge is 0.399 e. The highest BCUT2D eigenvalue weighted by Crippen LogP contribution is 2.21. The molecule has 0 saturated heterocycles. The normalized spacial score (nSPS) is 13.2. The van der Waals surface area contributed by atoms with Crippen LogP contribution in [-0.2, 0) is 0 Å². The van der Waals surface area contributed by atoms with E-state index in [4.69, 9.17) is 5.73 Å². The lowest BCUT2D eigenvalue weighted by atomic mass is 10.1. The molecule has 0 bridgehead atoms. The Bertz CT molecular complexity index is 332. The highest BCUT2D eigenvalue weighted by atomic mass is 15.1. The molecule has 1 rings (SSSR count). The fraction of sp³-hybridized carbons (Fsp3) is 0.600. The second-order valence-electron chi connectivity index (χ2n) is 5.13. The van der Waals surface area contributed by atoms with Gasteiger partial charge in [-0.15, -0.1) is 0 Å². The average molecular weight is 249 g/mol. The Morgan fingerprint density at radius 2 is 1.72 bits per heavy atom. The molecular formula is C15H27N3. The van der Waals surface area contributed by atoms with Gasteiger partial charge in [-0.2, -0.15) is 0 Å². The van der Waals surface area contributed by atoms with Crippen LogP contribution in [-0.4, -0.2) is 43.5 Å². The summed E-state index contributed by atoms with van der Waals surface area (Å²) in [4.78, 5) is 4.75. The van der Waals surface area contributed by atoms with Gasteiger partial charge in [-0.1, -0.05) is 19.1 Å². The van der Waals surface area contributed by atoms with E-state index in [1.54, 1.807) is 0 Å². The first-order valence-electron chi connectivity index (χ1n) is 6.78. The summed E-state index contributed by atoms with van der Waals surface area (Å²) in [5, 5.41) is 0. The van der Waals surface area contributed by atoms with Crippen molar-refractivity contribution >= 4 is 5.69 Å². The van der Waals surface area contributed by atoms with Crippen molar-refractivity contribution in [3.05, 3.63) is 29.8 Å². The highest BCUT2D eigenvalue weighted by Gasteiger charge is 2.13. The maximum Gasteiger partial charge on any atom is 0.0319 e. The zero-order chi connectivity index (χ0) is 13.5. The molecule has 3 nitrogen and oxygen atoms in total. The number of nitrogen functional groups attached to an aromatic ring is 1. The third-order valence-electron chi connectivity index (χ3n) is 3.42. The molecule has 1 aromatic rings. The zero-order valence-electron chi connectivity index (χ0n) is 12.2. The quantitative estimate of drug-likeness (QED) is 0.754. The van der Waals surface area contributed by atoms with Crippen molar-refractivity contribution in [1.29, 1.82) is 0 Å². The Labute approximate surface area is 112 Å². The van der Waals surface area contributed by atoms with Gasteiger partial charge in [0.25, 0.3) is 0 Å². The van der Waals surface area contributed by atoms with E-state index in [1.165, 1.54) is 12.0 Å². The predicted octanol–water partition coefficient (Wildman–Crippen LogP) is 2.60. The van der Waals surface area contributed by atoms with Crippen LogP contribution >= 0.6 is 0 Å². The number of benzene rings is 1. The van der Waals surface area contributed by atoms with Gasteiger partial charge in [0.15, 0.2) is 0 Å². The molecule has 0 spiro atoms. The number of anilines is 1. The molecule has 0 fully saturated rings. The Kier molecular flexibility index (Phi) is 6.16. The molecule has 0 saturated carbocycles. The lowest BCUT2D eigenvalue weighted by molar-refractivity contribution is 0.210. The standard InChI is InChI=1S/C15H27N3/c1-5-18(12-6-11-17(3)4)13(2)14-7-9-15(16)10-8-14/h7-10,13H,5-6,11-12,16H2,1-4H3. The number of nitrogens with zero attached hydrogens (tertiary/aromatic N) is 2. The molecule has 0 aromatic heterocycles. The van der Waals surface area contributed by atoms with Gasteiger partial charge in [-0.05, 0) is 64.8 Å². The molecule has 102 valence electrons. The fourth-order valence-electron chi connectivity index (χ4n) is 2.20.